The van der Waals surface area contributed by atoms with Crippen molar-refractivity contribution in [3.63, 3.8) is 0 Å². The Kier molecular flexibility index (Phi) is 5.97. The van der Waals surface area contributed by atoms with Crippen molar-refractivity contribution in [1.82, 2.24) is 14.9 Å². The molecule has 1 aromatic heterocycles. The van der Waals surface area contributed by atoms with E-state index in [1.54, 1.807) is 0 Å². The van der Waals surface area contributed by atoms with Gasteiger partial charge in [-0.3, -0.25) is 9.59 Å². The van der Waals surface area contributed by atoms with Crippen LogP contribution < -0.4 is 10.6 Å². The van der Waals surface area contributed by atoms with Crippen LogP contribution in [0.3, 0.4) is 0 Å². The highest BCUT2D eigenvalue weighted by atomic mass is 16.2. The van der Waals surface area contributed by atoms with Gasteiger partial charge >= 0.3 is 0 Å². The normalized spacial score (nSPS) is 17.3. The van der Waals surface area contributed by atoms with Gasteiger partial charge in [-0.2, -0.15) is 0 Å². The second-order valence-electron chi connectivity index (χ2n) is 8.32. The Bertz CT molecular complexity index is 877. The number of amides is 2. The van der Waals surface area contributed by atoms with E-state index in [0.717, 1.165) is 68.4 Å². The Morgan fingerprint density at radius 1 is 0.966 bits per heavy atom. The minimum absolute atomic E-state index is 0.128. The number of benzene rings is 1. The Morgan fingerprint density at radius 3 is 2.41 bits per heavy atom. The third kappa shape index (κ3) is 4.52. The van der Waals surface area contributed by atoms with Crippen molar-refractivity contribution >= 4 is 17.5 Å². The summed E-state index contributed by atoms with van der Waals surface area (Å²) < 4.78 is 1.94. The number of carbonyl (C=O) groups excluding carboxylic acids is 2. The van der Waals surface area contributed by atoms with E-state index in [1.807, 2.05) is 35.8 Å². The molecule has 6 heteroatoms. The van der Waals surface area contributed by atoms with Crippen LogP contribution in [0.4, 0.5) is 5.69 Å². The molecule has 6 nitrogen and oxygen atoms in total. The molecule has 2 amide bonds. The van der Waals surface area contributed by atoms with Crippen molar-refractivity contribution in [2.24, 2.45) is 0 Å². The standard InChI is InChI=1S/C23H30N4O2/c1-16-11-13-18(14-12-16)25-23(29)21-26-20(19-10-6-7-15-27(19)21)22(28)24-17-8-4-2-3-5-9-17/h11-14,17H,2-10,15H2,1H3,(H,24,28)(H,25,29). The molecular formula is C23H30N4O2. The van der Waals surface area contributed by atoms with Crippen LogP contribution in [0.1, 0.15) is 83.7 Å². The molecule has 4 rings (SSSR count). The molecule has 29 heavy (non-hydrogen) atoms. The molecule has 154 valence electrons. The molecule has 2 N–H and O–H groups in total. The first kappa shape index (κ1) is 19.7. The molecule has 0 bridgehead atoms. The van der Waals surface area contributed by atoms with Crippen molar-refractivity contribution < 1.29 is 9.59 Å². The Labute approximate surface area is 172 Å². The van der Waals surface area contributed by atoms with Gasteiger partial charge in [0.2, 0.25) is 0 Å². The lowest BCUT2D eigenvalue weighted by Gasteiger charge is -2.18. The molecule has 1 aromatic carbocycles. The van der Waals surface area contributed by atoms with Crippen LogP contribution >= 0.6 is 0 Å². The first-order chi connectivity index (χ1) is 14.1. The number of rotatable bonds is 4. The highest BCUT2D eigenvalue weighted by Gasteiger charge is 2.28. The fraction of sp³-hybridized carbons (Fsp3) is 0.522. The molecule has 1 aliphatic heterocycles. The van der Waals surface area contributed by atoms with Gasteiger partial charge in [0.05, 0.1) is 5.69 Å². The Morgan fingerprint density at radius 2 is 1.69 bits per heavy atom. The highest BCUT2D eigenvalue weighted by Crippen LogP contribution is 2.23. The zero-order valence-corrected chi connectivity index (χ0v) is 17.2. The molecule has 0 atom stereocenters. The number of imidazole rings is 1. The zero-order chi connectivity index (χ0) is 20.2. The van der Waals surface area contributed by atoms with Gasteiger partial charge in [0.15, 0.2) is 5.82 Å². The molecule has 1 fully saturated rings. The quantitative estimate of drug-likeness (QED) is 0.762. The van der Waals surface area contributed by atoms with Crippen molar-refractivity contribution in [2.75, 3.05) is 5.32 Å². The van der Waals surface area contributed by atoms with Crippen LogP contribution in [0.15, 0.2) is 24.3 Å². The van der Waals surface area contributed by atoms with Crippen LogP contribution in [0.25, 0.3) is 0 Å². The van der Waals surface area contributed by atoms with Crippen LogP contribution in [-0.2, 0) is 13.0 Å². The number of nitrogens with zero attached hydrogens (tertiary/aromatic N) is 2. The summed E-state index contributed by atoms with van der Waals surface area (Å²) in [6.07, 6.45) is 9.69. The summed E-state index contributed by atoms with van der Waals surface area (Å²) in [5.74, 6) is -0.0475. The second kappa shape index (κ2) is 8.80. The van der Waals surface area contributed by atoms with E-state index in [1.165, 1.54) is 12.8 Å². The minimum Gasteiger partial charge on any atom is -0.348 e. The van der Waals surface area contributed by atoms with Gasteiger partial charge in [0, 0.05) is 18.3 Å². The first-order valence-corrected chi connectivity index (χ1v) is 10.9. The lowest BCUT2D eigenvalue weighted by molar-refractivity contribution is 0.0927. The van der Waals surface area contributed by atoms with Gasteiger partial charge in [0.25, 0.3) is 11.8 Å². The van der Waals surface area contributed by atoms with E-state index >= 15 is 0 Å². The van der Waals surface area contributed by atoms with Crippen molar-refractivity contribution in [1.29, 1.82) is 0 Å². The highest BCUT2D eigenvalue weighted by molar-refractivity contribution is 6.03. The van der Waals surface area contributed by atoms with Crippen molar-refractivity contribution in [3.8, 4) is 0 Å². The lowest BCUT2D eigenvalue weighted by atomic mass is 10.1. The van der Waals surface area contributed by atoms with Gasteiger partial charge in [-0.25, -0.2) is 4.98 Å². The topological polar surface area (TPSA) is 76.0 Å². The number of anilines is 1. The molecule has 2 aromatic rings. The third-order valence-electron chi connectivity index (χ3n) is 6.04. The van der Waals surface area contributed by atoms with Crippen molar-refractivity contribution in [2.45, 2.75) is 77.3 Å². The molecule has 2 aliphatic rings. The number of carbonyl (C=O) groups is 2. The molecule has 2 heterocycles. The lowest BCUT2D eigenvalue weighted by Crippen LogP contribution is -2.35. The van der Waals surface area contributed by atoms with Crippen molar-refractivity contribution in [3.05, 3.63) is 47.0 Å². The first-order valence-electron chi connectivity index (χ1n) is 10.9. The summed E-state index contributed by atoms with van der Waals surface area (Å²) in [7, 11) is 0. The monoisotopic (exact) mass is 394 g/mol. The Balaban J connectivity index is 1.55. The minimum atomic E-state index is -0.259. The predicted molar refractivity (Wildman–Crippen MR) is 113 cm³/mol. The van der Waals surface area contributed by atoms with E-state index in [0.29, 0.717) is 11.5 Å². The van der Waals surface area contributed by atoms with Crippen LogP contribution in [-0.4, -0.2) is 27.4 Å². The summed E-state index contributed by atoms with van der Waals surface area (Å²) >= 11 is 0. The van der Waals surface area contributed by atoms with E-state index < -0.39 is 0 Å². The van der Waals surface area contributed by atoms with Gasteiger partial charge < -0.3 is 15.2 Å². The SMILES string of the molecule is Cc1ccc(NC(=O)c2nc(C(=O)NC3CCCCCC3)c3n2CCCC3)cc1. The third-order valence-corrected chi connectivity index (χ3v) is 6.04. The van der Waals surface area contributed by atoms with Gasteiger partial charge in [-0.1, -0.05) is 43.4 Å². The number of hydrogen-bond donors (Lipinski definition) is 2. The van der Waals surface area contributed by atoms with Crippen LogP contribution in [0, 0.1) is 6.92 Å². The number of aromatic nitrogens is 2. The van der Waals surface area contributed by atoms with Gasteiger partial charge in [-0.05, 0) is 51.2 Å². The molecular weight excluding hydrogens is 364 g/mol. The summed E-state index contributed by atoms with van der Waals surface area (Å²) in [5.41, 5.74) is 3.20. The molecule has 0 saturated heterocycles. The second-order valence-corrected chi connectivity index (χ2v) is 8.32. The number of fused-ring (bicyclic) bond motifs is 1. The fourth-order valence-electron chi connectivity index (χ4n) is 4.40. The van der Waals surface area contributed by atoms with Crippen LogP contribution in [0.5, 0.6) is 0 Å². The summed E-state index contributed by atoms with van der Waals surface area (Å²) in [5, 5.41) is 6.11. The van der Waals surface area contributed by atoms with Gasteiger partial charge in [-0.15, -0.1) is 0 Å². The summed E-state index contributed by atoms with van der Waals surface area (Å²) in [6, 6.07) is 7.90. The largest absolute Gasteiger partial charge is 0.348 e. The van der Waals surface area contributed by atoms with E-state index in [-0.39, 0.29) is 17.9 Å². The van der Waals surface area contributed by atoms with E-state index in [4.69, 9.17) is 0 Å². The molecule has 0 unspecified atom stereocenters. The molecule has 1 aliphatic carbocycles. The molecule has 0 spiro atoms. The van der Waals surface area contributed by atoms with E-state index in [2.05, 4.69) is 15.6 Å². The predicted octanol–water partition coefficient (Wildman–Crippen LogP) is 4.23. The smallest absolute Gasteiger partial charge is 0.291 e. The maximum atomic E-state index is 13.0. The molecule has 0 radical (unpaired) electrons. The number of nitrogens with one attached hydrogen (secondary N) is 2. The summed E-state index contributed by atoms with van der Waals surface area (Å²) in [4.78, 5) is 30.5. The average Bonchev–Trinajstić information content (AvgIpc) is 2.93. The maximum Gasteiger partial charge on any atom is 0.291 e. The molecule has 1 saturated carbocycles. The summed E-state index contributed by atoms with van der Waals surface area (Å²) in [6.45, 7) is 2.74. The van der Waals surface area contributed by atoms with E-state index in [9.17, 15) is 9.59 Å². The van der Waals surface area contributed by atoms with Gasteiger partial charge in [0.1, 0.15) is 5.69 Å². The van der Waals surface area contributed by atoms with Crippen LogP contribution in [0.2, 0.25) is 0 Å². The maximum absolute atomic E-state index is 13.0. The average molecular weight is 395 g/mol. The fourth-order valence-corrected chi connectivity index (χ4v) is 4.40. The zero-order valence-electron chi connectivity index (χ0n) is 17.2. The number of aryl methyl sites for hydroxylation is 1. The Hall–Kier alpha value is -2.63. The number of hydrogen-bond acceptors (Lipinski definition) is 3.